The molecule has 0 rings (SSSR count). The molecular formula is C8H19N. The number of hydrogen-bond donors (Lipinski definition) is 1. The van der Waals surface area contributed by atoms with E-state index in [1.54, 1.807) is 0 Å². The summed E-state index contributed by atoms with van der Waals surface area (Å²) >= 11 is 0. The zero-order valence-electron chi connectivity index (χ0n) is 7.07. The third kappa shape index (κ3) is 4.46. The van der Waals surface area contributed by atoms with Gasteiger partial charge in [-0.1, -0.05) is 20.8 Å². The van der Waals surface area contributed by atoms with E-state index in [9.17, 15) is 0 Å². The monoisotopic (exact) mass is 129 g/mol. The van der Waals surface area contributed by atoms with E-state index in [4.69, 9.17) is 5.73 Å². The molecule has 0 saturated carbocycles. The van der Waals surface area contributed by atoms with Crippen LogP contribution in [0.15, 0.2) is 0 Å². The molecule has 0 saturated heterocycles. The lowest BCUT2D eigenvalue weighted by Gasteiger charge is -2.24. The fraction of sp³-hybridized carbons (Fsp3) is 1.00. The summed E-state index contributed by atoms with van der Waals surface area (Å²) in [5.41, 5.74) is 5.98. The van der Waals surface area contributed by atoms with Crippen LogP contribution < -0.4 is 5.73 Å². The lowest BCUT2D eigenvalue weighted by atomic mass is 9.90. The second-order valence-electron chi connectivity index (χ2n) is 3.61. The van der Waals surface area contributed by atoms with Crippen molar-refractivity contribution in [1.29, 1.82) is 0 Å². The van der Waals surface area contributed by atoms with Crippen LogP contribution in [0.25, 0.3) is 0 Å². The van der Waals surface area contributed by atoms with E-state index >= 15 is 0 Å². The van der Waals surface area contributed by atoms with Crippen molar-refractivity contribution in [2.75, 3.05) is 0 Å². The van der Waals surface area contributed by atoms with E-state index in [1.807, 2.05) is 0 Å². The molecule has 0 aliphatic carbocycles. The first-order chi connectivity index (χ1) is 3.98. The van der Waals surface area contributed by atoms with Crippen LogP contribution in [-0.4, -0.2) is 5.54 Å². The van der Waals surface area contributed by atoms with E-state index in [0.29, 0.717) is 0 Å². The average Bonchev–Trinajstić information content (AvgIpc) is 1.63. The molecule has 0 aliphatic rings. The first-order valence-corrected chi connectivity index (χ1v) is 3.77. The van der Waals surface area contributed by atoms with Gasteiger partial charge < -0.3 is 5.73 Å². The van der Waals surface area contributed by atoms with Crippen molar-refractivity contribution in [2.45, 2.75) is 46.1 Å². The first-order valence-electron chi connectivity index (χ1n) is 3.77. The van der Waals surface area contributed by atoms with E-state index in [2.05, 4.69) is 27.7 Å². The van der Waals surface area contributed by atoms with Crippen LogP contribution in [0.1, 0.15) is 40.5 Å². The fourth-order valence-corrected chi connectivity index (χ4v) is 1.08. The van der Waals surface area contributed by atoms with Gasteiger partial charge in [0.25, 0.3) is 0 Å². The Morgan fingerprint density at radius 1 is 1.44 bits per heavy atom. The molecule has 0 fully saturated rings. The maximum atomic E-state index is 5.92. The predicted molar refractivity (Wildman–Crippen MR) is 42.3 cm³/mol. The minimum absolute atomic E-state index is 0.0637. The molecule has 0 spiro atoms. The zero-order valence-corrected chi connectivity index (χ0v) is 7.07. The van der Waals surface area contributed by atoms with Crippen molar-refractivity contribution in [3.63, 3.8) is 0 Å². The van der Waals surface area contributed by atoms with Crippen molar-refractivity contribution in [2.24, 2.45) is 11.7 Å². The quantitative estimate of drug-likeness (QED) is 0.621. The molecule has 0 amide bonds. The Balaban J connectivity index is 3.58. The Hall–Kier alpha value is -0.0400. The molecular weight excluding hydrogens is 110 g/mol. The molecule has 1 atom stereocenters. The van der Waals surface area contributed by atoms with Crippen LogP contribution in [0.4, 0.5) is 0 Å². The molecule has 1 heteroatoms. The van der Waals surface area contributed by atoms with Gasteiger partial charge in [-0.3, -0.25) is 0 Å². The van der Waals surface area contributed by atoms with Gasteiger partial charge in [-0.15, -0.1) is 0 Å². The van der Waals surface area contributed by atoms with E-state index < -0.39 is 0 Å². The van der Waals surface area contributed by atoms with Gasteiger partial charge in [0.15, 0.2) is 0 Å². The Morgan fingerprint density at radius 2 is 1.89 bits per heavy atom. The second-order valence-corrected chi connectivity index (χ2v) is 3.61. The highest BCUT2D eigenvalue weighted by molar-refractivity contribution is 4.77. The summed E-state index contributed by atoms with van der Waals surface area (Å²) in [5.74, 6) is 0.722. The Labute approximate surface area is 58.6 Å². The lowest BCUT2D eigenvalue weighted by molar-refractivity contribution is 0.359. The molecule has 9 heavy (non-hydrogen) atoms. The normalized spacial score (nSPS) is 18.0. The topological polar surface area (TPSA) is 26.0 Å². The Morgan fingerprint density at radius 3 is 2.00 bits per heavy atom. The summed E-state index contributed by atoms with van der Waals surface area (Å²) in [7, 11) is 0. The van der Waals surface area contributed by atoms with Gasteiger partial charge in [-0.05, 0) is 25.7 Å². The SMILES string of the molecule is CC[C@@](C)(N)CC(C)C. The summed E-state index contributed by atoms with van der Waals surface area (Å²) in [6.07, 6.45) is 2.20. The number of hydrogen-bond acceptors (Lipinski definition) is 1. The maximum absolute atomic E-state index is 5.92. The maximum Gasteiger partial charge on any atom is 0.0125 e. The van der Waals surface area contributed by atoms with Crippen molar-refractivity contribution in [1.82, 2.24) is 0 Å². The third-order valence-electron chi connectivity index (χ3n) is 1.68. The molecule has 0 bridgehead atoms. The van der Waals surface area contributed by atoms with Gasteiger partial charge in [-0.2, -0.15) is 0 Å². The zero-order chi connectivity index (χ0) is 7.49. The molecule has 2 N–H and O–H groups in total. The fourth-order valence-electron chi connectivity index (χ4n) is 1.08. The highest BCUT2D eigenvalue weighted by Crippen LogP contribution is 2.15. The van der Waals surface area contributed by atoms with Crippen LogP contribution in [0.2, 0.25) is 0 Å². The molecule has 0 heterocycles. The van der Waals surface area contributed by atoms with Crippen LogP contribution in [0, 0.1) is 5.92 Å². The van der Waals surface area contributed by atoms with Crippen molar-refractivity contribution in [3.8, 4) is 0 Å². The molecule has 0 radical (unpaired) electrons. The highest BCUT2D eigenvalue weighted by atomic mass is 14.7. The number of rotatable bonds is 3. The summed E-state index contributed by atoms with van der Waals surface area (Å²) in [5, 5.41) is 0. The standard InChI is InChI=1S/C8H19N/c1-5-8(4,9)6-7(2)3/h7H,5-6,9H2,1-4H3/t8-/m1/s1. The van der Waals surface area contributed by atoms with Crippen LogP contribution in [0.3, 0.4) is 0 Å². The van der Waals surface area contributed by atoms with E-state index in [1.165, 1.54) is 0 Å². The second kappa shape index (κ2) is 3.21. The molecule has 0 aromatic heterocycles. The predicted octanol–water partition coefficient (Wildman–Crippen LogP) is 2.16. The van der Waals surface area contributed by atoms with Gasteiger partial charge >= 0.3 is 0 Å². The van der Waals surface area contributed by atoms with Gasteiger partial charge in [0, 0.05) is 5.54 Å². The minimum Gasteiger partial charge on any atom is -0.325 e. The first kappa shape index (κ1) is 8.96. The van der Waals surface area contributed by atoms with Crippen molar-refractivity contribution >= 4 is 0 Å². The van der Waals surface area contributed by atoms with Crippen molar-refractivity contribution in [3.05, 3.63) is 0 Å². The van der Waals surface area contributed by atoms with Gasteiger partial charge in [0.1, 0.15) is 0 Å². The van der Waals surface area contributed by atoms with Crippen LogP contribution >= 0.6 is 0 Å². The summed E-state index contributed by atoms with van der Waals surface area (Å²) in [4.78, 5) is 0. The number of nitrogens with two attached hydrogens (primary N) is 1. The van der Waals surface area contributed by atoms with Crippen molar-refractivity contribution < 1.29 is 0 Å². The molecule has 0 aromatic rings. The van der Waals surface area contributed by atoms with Gasteiger partial charge in [0.05, 0.1) is 0 Å². The minimum atomic E-state index is 0.0637. The third-order valence-corrected chi connectivity index (χ3v) is 1.68. The molecule has 1 nitrogen and oxygen atoms in total. The summed E-state index contributed by atoms with van der Waals surface area (Å²) in [6, 6.07) is 0. The molecule has 56 valence electrons. The van der Waals surface area contributed by atoms with Crippen LogP contribution in [0.5, 0.6) is 0 Å². The molecule has 0 aliphatic heterocycles. The molecule has 0 unspecified atom stereocenters. The summed E-state index contributed by atoms with van der Waals surface area (Å²) < 4.78 is 0. The largest absolute Gasteiger partial charge is 0.325 e. The smallest absolute Gasteiger partial charge is 0.0125 e. The average molecular weight is 129 g/mol. The van der Waals surface area contributed by atoms with E-state index in [-0.39, 0.29) is 5.54 Å². The Bertz CT molecular complexity index is 74.6. The Kier molecular flexibility index (Phi) is 3.20. The summed E-state index contributed by atoms with van der Waals surface area (Å²) in [6.45, 7) is 8.68. The highest BCUT2D eigenvalue weighted by Gasteiger charge is 2.16. The van der Waals surface area contributed by atoms with E-state index in [0.717, 1.165) is 18.8 Å². The van der Waals surface area contributed by atoms with Gasteiger partial charge in [0.2, 0.25) is 0 Å². The molecule has 0 aromatic carbocycles. The lowest BCUT2D eigenvalue weighted by Crippen LogP contribution is -2.36. The van der Waals surface area contributed by atoms with Crippen LogP contribution in [-0.2, 0) is 0 Å². The van der Waals surface area contributed by atoms with Gasteiger partial charge in [-0.25, -0.2) is 0 Å².